The molecule has 0 saturated carbocycles. The van der Waals surface area contributed by atoms with E-state index in [0.29, 0.717) is 17.5 Å². The third-order valence-electron chi connectivity index (χ3n) is 9.70. The van der Waals surface area contributed by atoms with Crippen molar-refractivity contribution >= 4 is 53.2 Å². The topological polar surface area (TPSA) is 284 Å². The zero-order chi connectivity index (χ0) is 45.8. The predicted molar refractivity (Wildman–Crippen MR) is 226 cm³/mol. The van der Waals surface area contributed by atoms with E-state index in [1.54, 1.807) is 95.3 Å². The van der Waals surface area contributed by atoms with Gasteiger partial charge in [-0.2, -0.15) is 0 Å². The largest absolute Gasteiger partial charge is 0.480 e. The Morgan fingerprint density at radius 2 is 1.03 bits per heavy atom. The minimum Gasteiger partial charge on any atom is -0.480 e. The molecule has 0 aliphatic rings. The molecule has 7 atom stereocenters. The molecule has 332 valence electrons. The number of carboxylic acid groups (broad SMARTS) is 1. The van der Waals surface area contributed by atoms with Crippen LogP contribution in [0.4, 0.5) is 0 Å². The zero-order valence-electron chi connectivity index (χ0n) is 35.7. The standard InChI is InChI=1S/C43H60N8O10/c1-8-26(6)37(42(59)50-36(25(4)5)41(58)49-35(24(2)3)38(44)55)51-40(57)30(21-28-15-11-9-12-16-28)47-33(53)20-19-32(52)46-27(7)39(56)45-23-34(54)48-31(43(60)61)22-29-17-13-10-14-18-29/h9-20,24-27,30-31,35-37H,8,21-23H2,1-7H3,(H2,44,55)(H,45,56)(H,46,52)(H,47,53)(H,48,54)(H,49,58)(H,50,59)(H,51,57)(H,60,61)/b20-19+/t26-,27-,30-,31-,35-,36-,37-/m0/s1. The van der Waals surface area contributed by atoms with Gasteiger partial charge in [-0.25, -0.2) is 4.79 Å². The molecule has 8 amide bonds. The van der Waals surface area contributed by atoms with Gasteiger partial charge in [-0.1, -0.05) is 109 Å². The van der Waals surface area contributed by atoms with Gasteiger partial charge in [0.1, 0.15) is 36.3 Å². The van der Waals surface area contributed by atoms with Gasteiger partial charge in [0, 0.05) is 25.0 Å². The van der Waals surface area contributed by atoms with Crippen LogP contribution in [0.15, 0.2) is 72.8 Å². The summed E-state index contributed by atoms with van der Waals surface area (Å²) < 4.78 is 0. The third-order valence-corrected chi connectivity index (χ3v) is 9.70. The number of carbonyl (C=O) groups excluding carboxylic acids is 8. The SMILES string of the molecule is CC[C@H](C)[C@H](NC(=O)[C@H](Cc1ccccc1)NC(=O)/C=C/C(=O)N[C@@H](C)C(=O)NCC(=O)N[C@@H](Cc1ccccc1)C(=O)O)C(=O)N[C@H](C(=O)N[C@H](C(N)=O)C(C)C)C(C)C. The van der Waals surface area contributed by atoms with E-state index in [1.165, 1.54) is 6.92 Å². The fourth-order valence-corrected chi connectivity index (χ4v) is 5.92. The van der Waals surface area contributed by atoms with Crippen LogP contribution < -0.4 is 43.0 Å². The molecule has 0 fully saturated rings. The van der Waals surface area contributed by atoms with E-state index >= 15 is 0 Å². The van der Waals surface area contributed by atoms with Crippen molar-refractivity contribution < 1.29 is 48.3 Å². The van der Waals surface area contributed by atoms with Crippen molar-refractivity contribution in [2.24, 2.45) is 23.5 Å². The molecule has 0 aliphatic carbocycles. The van der Waals surface area contributed by atoms with Gasteiger partial charge in [0.15, 0.2) is 0 Å². The number of nitrogens with two attached hydrogens (primary N) is 1. The van der Waals surface area contributed by atoms with Crippen LogP contribution in [0.3, 0.4) is 0 Å². The normalized spacial score (nSPS) is 14.6. The Balaban J connectivity index is 2.10. The molecule has 2 aromatic carbocycles. The second kappa shape index (κ2) is 25.1. The monoisotopic (exact) mass is 848 g/mol. The highest BCUT2D eigenvalue weighted by atomic mass is 16.4. The Labute approximate surface area is 356 Å². The molecule has 0 aromatic heterocycles. The number of amides is 8. The number of aliphatic carboxylic acids is 1. The minimum atomic E-state index is -1.26. The van der Waals surface area contributed by atoms with Crippen LogP contribution >= 0.6 is 0 Å². The van der Waals surface area contributed by atoms with Crippen molar-refractivity contribution in [3.8, 4) is 0 Å². The summed E-state index contributed by atoms with van der Waals surface area (Å²) in [7, 11) is 0. The molecule has 61 heavy (non-hydrogen) atoms. The van der Waals surface area contributed by atoms with E-state index < -0.39 is 108 Å². The number of carbonyl (C=O) groups is 9. The molecule has 10 N–H and O–H groups in total. The van der Waals surface area contributed by atoms with Crippen LogP contribution in [0, 0.1) is 17.8 Å². The lowest BCUT2D eigenvalue weighted by Crippen LogP contribution is -2.61. The Morgan fingerprint density at radius 1 is 0.574 bits per heavy atom. The highest BCUT2D eigenvalue weighted by Crippen LogP contribution is 2.13. The molecule has 18 nitrogen and oxygen atoms in total. The summed E-state index contributed by atoms with van der Waals surface area (Å²) in [6.45, 7) is 11.2. The van der Waals surface area contributed by atoms with Crippen molar-refractivity contribution in [3.05, 3.63) is 83.9 Å². The highest BCUT2D eigenvalue weighted by molar-refractivity contribution is 6.01. The number of benzene rings is 2. The zero-order valence-corrected chi connectivity index (χ0v) is 35.7. The molecule has 18 heteroatoms. The van der Waals surface area contributed by atoms with E-state index in [4.69, 9.17) is 5.73 Å². The first-order valence-corrected chi connectivity index (χ1v) is 20.1. The fourth-order valence-electron chi connectivity index (χ4n) is 5.92. The summed E-state index contributed by atoms with van der Waals surface area (Å²) in [4.78, 5) is 115. The average molecular weight is 849 g/mol. The lowest BCUT2D eigenvalue weighted by atomic mass is 9.95. The maximum absolute atomic E-state index is 13.9. The van der Waals surface area contributed by atoms with Crippen molar-refractivity contribution in [1.82, 2.24) is 37.2 Å². The van der Waals surface area contributed by atoms with Crippen LogP contribution in [0.25, 0.3) is 0 Å². The molecular weight excluding hydrogens is 789 g/mol. The molecule has 0 unspecified atom stereocenters. The number of primary amides is 1. The van der Waals surface area contributed by atoms with Crippen molar-refractivity contribution in [2.45, 2.75) is 104 Å². The van der Waals surface area contributed by atoms with Crippen molar-refractivity contribution in [3.63, 3.8) is 0 Å². The third kappa shape index (κ3) is 17.7. The van der Waals surface area contributed by atoms with Crippen molar-refractivity contribution in [2.75, 3.05) is 6.54 Å². The molecule has 0 spiro atoms. The highest BCUT2D eigenvalue weighted by Gasteiger charge is 2.35. The Bertz CT molecular complexity index is 1870. The Morgan fingerprint density at radius 3 is 1.51 bits per heavy atom. The number of carboxylic acids is 1. The number of rotatable bonds is 24. The van der Waals surface area contributed by atoms with Crippen molar-refractivity contribution in [1.29, 1.82) is 0 Å². The first-order valence-electron chi connectivity index (χ1n) is 20.1. The quantitative estimate of drug-likeness (QED) is 0.0638. The maximum atomic E-state index is 13.9. The Hall–Kier alpha value is -6.59. The Kier molecular flexibility index (Phi) is 20.8. The molecule has 0 saturated heterocycles. The van der Waals surface area contributed by atoms with E-state index in [0.717, 1.165) is 12.2 Å². The van der Waals surface area contributed by atoms with Crippen LogP contribution in [-0.2, 0) is 56.0 Å². The first-order chi connectivity index (χ1) is 28.7. The van der Waals surface area contributed by atoms with Crippen LogP contribution in [0.2, 0.25) is 0 Å². The molecular formula is C43H60N8O10. The van der Waals surface area contributed by atoms with Crippen LogP contribution in [-0.4, -0.2) is 101 Å². The maximum Gasteiger partial charge on any atom is 0.326 e. The summed E-state index contributed by atoms with van der Waals surface area (Å²) in [6.07, 6.45) is 2.18. The predicted octanol–water partition coefficient (Wildman–Crippen LogP) is 0.000900. The first kappa shape index (κ1) is 50.6. The summed E-state index contributed by atoms with van der Waals surface area (Å²) in [5.41, 5.74) is 6.83. The van der Waals surface area contributed by atoms with Gasteiger partial charge >= 0.3 is 5.97 Å². The van der Waals surface area contributed by atoms with Gasteiger partial charge in [0.05, 0.1) is 6.54 Å². The summed E-state index contributed by atoms with van der Waals surface area (Å²) >= 11 is 0. The molecule has 0 aliphatic heterocycles. The molecule has 2 aromatic rings. The number of nitrogens with one attached hydrogen (secondary N) is 7. The van der Waals surface area contributed by atoms with Gasteiger partial charge in [0.2, 0.25) is 47.3 Å². The number of hydrogen-bond donors (Lipinski definition) is 9. The van der Waals surface area contributed by atoms with E-state index in [9.17, 15) is 48.3 Å². The molecule has 0 radical (unpaired) electrons. The van der Waals surface area contributed by atoms with Gasteiger partial charge in [0.25, 0.3) is 0 Å². The molecule has 2 rings (SSSR count). The lowest BCUT2D eigenvalue weighted by Gasteiger charge is -2.30. The molecule has 0 heterocycles. The summed E-state index contributed by atoms with van der Waals surface area (Å²) in [5.74, 6) is -8.38. The van der Waals surface area contributed by atoms with Gasteiger partial charge in [-0.3, -0.25) is 38.4 Å². The summed E-state index contributed by atoms with van der Waals surface area (Å²) in [6, 6.07) is 10.6. The minimum absolute atomic E-state index is 0.00171. The molecule has 0 bridgehead atoms. The number of hydrogen-bond acceptors (Lipinski definition) is 9. The lowest BCUT2D eigenvalue weighted by molar-refractivity contribution is -0.141. The van der Waals surface area contributed by atoms with Gasteiger partial charge in [-0.15, -0.1) is 0 Å². The van der Waals surface area contributed by atoms with Crippen LogP contribution in [0.1, 0.15) is 66.0 Å². The fraction of sp³-hybridized carbons (Fsp3) is 0.465. The van der Waals surface area contributed by atoms with E-state index in [2.05, 4.69) is 37.2 Å². The van der Waals surface area contributed by atoms with Crippen LogP contribution in [0.5, 0.6) is 0 Å². The van der Waals surface area contributed by atoms with Gasteiger partial charge < -0.3 is 48.1 Å². The second-order valence-corrected chi connectivity index (χ2v) is 15.4. The smallest absolute Gasteiger partial charge is 0.326 e. The van der Waals surface area contributed by atoms with E-state index in [1.807, 2.05) is 6.92 Å². The summed E-state index contributed by atoms with van der Waals surface area (Å²) in [5, 5.41) is 27.2. The van der Waals surface area contributed by atoms with E-state index in [-0.39, 0.29) is 18.8 Å². The second-order valence-electron chi connectivity index (χ2n) is 15.4. The van der Waals surface area contributed by atoms with Gasteiger partial charge in [-0.05, 0) is 35.8 Å². The average Bonchev–Trinajstić information content (AvgIpc) is 3.21.